The number of hydrogen-bond acceptors (Lipinski definition) is 4. The molecule has 0 radical (unpaired) electrons. The summed E-state index contributed by atoms with van der Waals surface area (Å²) < 4.78 is 0. The number of carbonyl (C=O) groups is 1. The van der Waals surface area contributed by atoms with E-state index in [1.54, 1.807) is 0 Å². The molecule has 0 saturated carbocycles. The zero-order valence-corrected chi connectivity index (χ0v) is 8.09. The molecular formula is C8H9ClN2O3. The minimum atomic E-state index is -0.535. The Morgan fingerprint density at radius 1 is 1.36 bits per heavy atom. The van der Waals surface area contributed by atoms with E-state index in [0.29, 0.717) is 0 Å². The molecule has 6 heteroatoms. The second-order valence-corrected chi connectivity index (χ2v) is 2.93. The van der Waals surface area contributed by atoms with E-state index in [1.807, 2.05) is 0 Å². The number of benzene rings is 1. The molecule has 0 fully saturated rings. The van der Waals surface area contributed by atoms with Gasteiger partial charge in [0.15, 0.2) is 0 Å². The maximum Gasteiger partial charge on any atom is 0.269 e. The van der Waals surface area contributed by atoms with Crippen molar-refractivity contribution in [1.29, 1.82) is 0 Å². The van der Waals surface area contributed by atoms with Crippen LogP contribution >= 0.6 is 11.6 Å². The van der Waals surface area contributed by atoms with Crippen molar-refractivity contribution in [3.05, 3.63) is 22.7 Å². The van der Waals surface area contributed by atoms with E-state index in [9.17, 15) is 9.90 Å². The Bertz CT molecular complexity index is 368. The minimum Gasteiger partial charge on any atom is -0.507 e. The summed E-state index contributed by atoms with van der Waals surface area (Å²) in [4.78, 5) is 11.3. The molecule has 4 N–H and O–H groups in total. The van der Waals surface area contributed by atoms with Crippen LogP contribution in [0.4, 0.5) is 0 Å². The molecule has 0 unspecified atom stereocenters. The van der Waals surface area contributed by atoms with Crippen LogP contribution in [0.15, 0.2) is 12.1 Å². The van der Waals surface area contributed by atoms with Crippen molar-refractivity contribution in [2.75, 3.05) is 7.05 Å². The summed E-state index contributed by atoms with van der Waals surface area (Å²) in [5.74, 6) is -1.14. The van der Waals surface area contributed by atoms with E-state index in [1.165, 1.54) is 13.1 Å². The third kappa shape index (κ3) is 2.07. The van der Waals surface area contributed by atoms with Gasteiger partial charge in [0, 0.05) is 13.1 Å². The molecule has 1 amide bonds. The number of carbonyl (C=O) groups excluding carboxylic acids is 1. The normalized spacial score (nSPS) is 9.86. The molecule has 0 bridgehead atoms. The number of amides is 1. The molecule has 1 aromatic carbocycles. The fraction of sp³-hybridized carbons (Fsp3) is 0.125. The molecule has 5 nitrogen and oxygen atoms in total. The molecule has 0 aromatic heterocycles. The molecule has 76 valence electrons. The van der Waals surface area contributed by atoms with Gasteiger partial charge >= 0.3 is 0 Å². The fourth-order valence-corrected chi connectivity index (χ4v) is 1.08. The highest BCUT2D eigenvalue weighted by Crippen LogP contribution is 2.30. The van der Waals surface area contributed by atoms with Crippen molar-refractivity contribution in [2.24, 2.45) is 0 Å². The number of phenolic OH excluding ortho intramolecular Hbond substituents is 2. The highest BCUT2D eigenvalue weighted by molar-refractivity contribution is 6.32. The summed E-state index contributed by atoms with van der Waals surface area (Å²) in [5.41, 5.74) is 4.66. The van der Waals surface area contributed by atoms with Gasteiger partial charge in [-0.2, -0.15) is 0 Å². The molecular weight excluding hydrogens is 208 g/mol. The maximum atomic E-state index is 11.3. The lowest BCUT2D eigenvalue weighted by Gasteiger charge is -2.06. The first-order chi connectivity index (χ1) is 6.56. The van der Waals surface area contributed by atoms with Crippen LogP contribution in [0, 0.1) is 0 Å². The van der Waals surface area contributed by atoms with Crippen molar-refractivity contribution >= 4 is 17.5 Å². The zero-order valence-electron chi connectivity index (χ0n) is 7.34. The second-order valence-electron chi connectivity index (χ2n) is 2.52. The molecule has 1 rings (SSSR count). The van der Waals surface area contributed by atoms with E-state index in [0.717, 1.165) is 6.07 Å². The summed E-state index contributed by atoms with van der Waals surface area (Å²) in [7, 11) is 1.51. The van der Waals surface area contributed by atoms with E-state index in [-0.39, 0.29) is 22.1 Å². The highest BCUT2D eigenvalue weighted by Gasteiger charge is 2.13. The van der Waals surface area contributed by atoms with Crippen molar-refractivity contribution < 1.29 is 15.0 Å². The van der Waals surface area contributed by atoms with Crippen LogP contribution in [0.25, 0.3) is 0 Å². The summed E-state index contributed by atoms with van der Waals surface area (Å²) in [5, 5.41) is 18.4. The average Bonchev–Trinajstić information content (AvgIpc) is 2.11. The van der Waals surface area contributed by atoms with Gasteiger partial charge < -0.3 is 10.2 Å². The van der Waals surface area contributed by atoms with E-state index in [4.69, 9.17) is 16.7 Å². The summed E-state index contributed by atoms with van der Waals surface area (Å²) in [6, 6.07) is 2.19. The van der Waals surface area contributed by atoms with Crippen LogP contribution in [-0.2, 0) is 0 Å². The molecule has 0 aliphatic heterocycles. The summed E-state index contributed by atoms with van der Waals surface area (Å²) in [6.45, 7) is 0. The number of hydrogen-bond donors (Lipinski definition) is 4. The zero-order chi connectivity index (χ0) is 10.7. The van der Waals surface area contributed by atoms with Crippen LogP contribution < -0.4 is 10.9 Å². The van der Waals surface area contributed by atoms with Gasteiger partial charge in [-0.3, -0.25) is 10.2 Å². The maximum absolute atomic E-state index is 11.3. The van der Waals surface area contributed by atoms with Crippen molar-refractivity contribution in [3.8, 4) is 11.5 Å². The number of hydrazine groups is 1. The number of halogens is 1. The second kappa shape index (κ2) is 4.17. The Hall–Kier alpha value is -1.46. The largest absolute Gasteiger partial charge is 0.507 e. The Kier molecular flexibility index (Phi) is 3.16. The van der Waals surface area contributed by atoms with E-state index in [2.05, 4.69) is 10.9 Å². The first-order valence-corrected chi connectivity index (χ1v) is 4.12. The van der Waals surface area contributed by atoms with Gasteiger partial charge in [0.2, 0.25) is 0 Å². The minimum absolute atomic E-state index is 0.00375. The lowest BCUT2D eigenvalue weighted by atomic mass is 10.2. The van der Waals surface area contributed by atoms with Crippen LogP contribution in [0.3, 0.4) is 0 Å². The van der Waals surface area contributed by atoms with Gasteiger partial charge in [0.05, 0.1) is 10.6 Å². The van der Waals surface area contributed by atoms with Crippen LogP contribution in [0.5, 0.6) is 11.5 Å². The smallest absolute Gasteiger partial charge is 0.269 e. The fourth-order valence-electron chi connectivity index (χ4n) is 0.914. The van der Waals surface area contributed by atoms with Crippen molar-refractivity contribution in [1.82, 2.24) is 10.9 Å². The number of aromatic hydroxyl groups is 2. The average molecular weight is 217 g/mol. The molecule has 0 aliphatic rings. The van der Waals surface area contributed by atoms with Crippen LogP contribution in [-0.4, -0.2) is 23.2 Å². The standard InChI is InChI=1S/C8H9ClN2O3/c1-10-11-8(14)4-2-5(9)7(13)3-6(4)12/h2-3,10,12-13H,1H3,(H,11,14). The topological polar surface area (TPSA) is 81.6 Å². The molecule has 0 aliphatic carbocycles. The quantitative estimate of drug-likeness (QED) is 0.546. The molecule has 0 atom stereocenters. The van der Waals surface area contributed by atoms with Gasteiger partial charge in [0.1, 0.15) is 11.5 Å². The van der Waals surface area contributed by atoms with Gasteiger partial charge in [-0.1, -0.05) is 11.6 Å². The Labute approximate surface area is 85.3 Å². The Morgan fingerprint density at radius 2 is 2.00 bits per heavy atom. The Morgan fingerprint density at radius 3 is 2.57 bits per heavy atom. The van der Waals surface area contributed by atoms with Crippen LogP contribution in [0.1, 0.15) is 10.4 Å². The molecule has 0 heterocycles. The third-order valence-electron chi connectivity index (χ3n) is 1.55. The van der Waals surface area contributed by atoms with Gasteiger partial charge in [-0.05, 0) is 6.07 Å². The summed E-state index contributed by atoms with van der Waals surface area (Å²) in [6.07, 6.45) is 0. The number of rotatable bonds is 2. The van der Waals surface area contributed by atoms with Crippen LogP contribution in [0.2, 0.25) is 5.02 Å². The molecule has 0 spiro atoms. The first-order valence-electron chi connectivity index (χ1n) is 3.75. The van der Waals surface area contributed by atoms with E-state index < -0.39 is 5.91 Å². The first kappa shape index (κ1) is 10.6. The molecule has 0 saturated heterocycles. The van der Waals surface area contributed by atoms with Gasteiger partial charge in [0.25, 0.3) is 5.91 Å². The lowest BCUT2D eigenvalue weighted by Crippen LogP contribution is -2.34. The number of nitrogens with one attached hydrogen (secondary N) is 2. The Balaban J connectivity index is 3.09. The van der Waals surface area contributed by atoms with Gasteiger partial charge in [-0.15, -0.1) is 0 Å². The molecule has 14 heavy (non-hydrogen) atoms. The summed E-state index contributed by atoms with van der Waals surface area (Å²) >= 11 is 5.57. The molecule has 1 aromatic rings. The van der Waals surface area contributed by atoms with Gasteiger partial charge in [-0.25, -0.2) is 5.43 Å². The monoisotopic (exact) mass is 216 g/mol. The predicted octanol–water partition coefficient (Wildman–Crippen LogP) is 0.615. The van der Waals surface area contributed by atoms with Crippen molar-refractivity contribution in [2.45, 2.75) is 0 Å². The highest BCUT2D eigenvalue weighted by atomic mass is 35.5. The van der Waals surface area contributed by atoms with Crippen molar-refractivity contribution in [3.63, 3.8) is 0 Å². The third-order valence-corrected chi connectivity index (χ3v) is 1.85. The predicted molar refractivity (Wildman–Crippen MR) is 51.3 cm³/mol. The number of phenols is 2. The van der Waals surface area contributed by atoms with E-state index >= 15 is 0 Å². The SMILES string of the molecule is CNNC(=O)c1cc(Cl)c(O)cc1O. The lowest BCUT2D eigenvalue weighted by molar-refractivity contribution is 0.0935.